The molecule has 0 bridgehead atoms. The van der Waals surface area contributed by atoms with E-state index in [1.54, 1.807) is 18.8 Å². The van der Waals surface area contributed by atoms with Crippen molar-refractivity contribution in [3.8, 4) is 5.69 Å². The molecule has 1 aliphatic rings. The summed E-state index contributed by atoms with van der Waals surface area (Å²) in [5, 5.41) is 7.66. The van der Waals surface area contributed by atoms with Gasteiger partial charge in [0.25, 0.3) is 5.91 Å². The maximum Gasteiger partial charge on any atom is 0.274 e. The van der Waals surface area contributed by atoms with Crippen molar-refractivity contribution in [2.45, 2.75) is 37.0 Å². The molecule has 2 aromatic carbocycles. The van der Waals surface area contributed by atoms with E-state index in [0.717, 1.165) is 59.6 Å². The van der Waals surface area contributed by atoms with E-state index in [1.807, 2.05) is 65.5 Å². The number of hydrogen-bond donors (Lipinski definition) is 1. The summed E-state index contributed by atoms with van der Waals surface area (Å²) in [6.07, 6.45) is 6.99. The van der Waals surface area contributed by atoms with Crippen LogP contribution >= 0.6 is 11.8 Å². The Labute approximate surface area is 193 Å². The molecule has 1 heterocycles. The van der Waals surface area contributed by atoms with Gasteiger partial charge in [-0.25, -0.2) is 4.68 Å². The van der Waals surface area contributed by atoms with Crippen LogP contribution in [0.1, 0.15) is 41.0 Å². The van der Waals surface area contributed by atoms with Crippen molar-refractivity contribution in [2.24, 2.45) is 0 Å². The summed E-state index contributed by atoms with van der Waals surface area (Å²) in [5.41, 5.74) is 4.32. The minimum absolute atomic E-state index is 0.0332. The largest absolute Gasteiger partial charge is 0.331 e. The van der Waals surface area contributed by atoms with Gasteiger partial charge in [-0.05, 0) is 56.2 Å². The van der Waals surface area contributed by atoms with E-state index in [-0.39, 0.29) is 18.4 Å². The lowest BCUT2D eigenvalue weighted by molar-refractivity contribution is -0.116. The van der Waals surface area contributed by atoms with Gasteiger partial charge >= 0.3 is 0 Å². The number of amides is 2. The molecule has 0 unspecified atom stereocenters. The van der Waals surface area contributed by atoms with Crippen molar-refractivity contribution in [2.75, 3.05) is 25.2 Å². The summed E-state index contributed by atoms with van der Waals surface area (Å²) in [5.74, 6) is -0.443. The molecule has 1 aliphatic carbocycles. The number of nitrogens with zero attached hydrogens (tertiary/aromatic N) is 3. The van der Waals surface area contributed by atoms with E-state index in [2.05, 4.69) is 5.32 Å². The predicted molar refractivity (Wildman–Crippen MR) is 129 cm³/mol. The summed E-state index contributed by atoms with van der Waals surface area (Å²) < 4.78 is 1.91. The van der Waals surface area contributed by atoms with Crippen LogP contribution in [0, 0.1) is 0 Å². The fourth-order valence-electron chi connectivity index (χ4n) is 4.14. The second kappa shape index (κ2) is 10.0. The number of rotatable bonds is 6. The van der Waals surface area contributed by atoms with E-state index in [9.17, 15) is 9.59 Å². The Kier molecular flexibility index (Phi) is 6.95. The normalized spacial score (nSPS) is 13.2. The highest BCUT2D eigenvalue weighted by Crippen LogP contribution is 2.27. The molecule has 0 radical (unpaired) electrons. The molecule has 0 saturated carbocycles. The van der Waals surface area contributed by atoms with Crippen molar-refractivity contribution < 1.29 is 9.59 Å². The summed E-state index contributed by atoms with van der Waals surface area (Å²) >= 11 is 1.57. The zero-order valence-corrected chi connectivity index (χ0v) is 19.3. The molecular weight excluding hydrogens is 420 g/mol. The third-order valence-electron chi connectivity index (χ3n) is 5.74. The highest BCUT2D eigenvalue weighted by Gasteiger charge is 2.27. The Morgan fingerprint density at radius 3 is 2.53 bits per heavy atom. The quantitative estimate of drug-likeness (QED) is 0.443. The first-order valence-corrected chi connectivity index (χ1v) is 12.2. The SMILES string of the molecule is CSc1ccccc1NC(=O)CN(C)C(=O)c1nn(-c2ccccc2)c2c1CCCCC2. The predicted octanol–water partition coefficient (Wildman–Crippen LogP) is 4.57. The average Bonchev–Trinajstić information content (AvgIpc) is 2.99. The van der Waals surface area contributed by atoms with Crippen molar-refractivity contribution in [3.05, 3.63) is 71.5 Å². The number of nitrogens with one attached hydrogen (secondary N) is 1. The van der Waals surface area contributed by atoms with E-state index >= 15 is 0 Å². The molecule has 166 valence electrons. The van der Waals surface area contributed by atoms with Gasteiger partial charge in [0.1, 0.15) is 0 Å². The van der Waals surface area contributed by atoms with Crippen molar-refractivity contribution in [1.82, 2.24) is 14.7 Å². The van der Waals surface area contributed by atoms with Crippen molar-refractivity contribution in [1.29, 1.82) is 0 Å². The number of benzene rings is 2. The minimum atomic E-state index is -0.226. The monoisotopic (exact) mass is 448 g/mol. The van der Waals surface area contributed by atoms with Crippen LogP contribution in [0.25, 0.3) is 5.69 Å². The van der Waals surface area contributed by atoms with Crippen molar-refractivity contribution in [3.63, 3.8) is 0 Å². The summed E-state index contributed by atoms with van der Waals surface area (Å²) in [7, 11) is 1.66. The zero-order chi connectivity index (χ0) is 22.5. The van der Waals surface area contributed by atoms with Crippen LogP contribution in [0.15, 0.2) is 59.5 Å². The Balaban J connectivity index is 1.56. The van der Waals surface area contributed by atoms with E-state index in [1.165, 1.54) is 4.90 Å². The van der Waals surface area contributed by atoms with Gasteiger partial charge in [-0.3, -0.25) is 9.59 Å². The van der Waals surface area contributed by atoms with Gasteiger partial charge in [-0.2, -0.15) is 5.10 Å². The maximum atomic E-state index is 13.4. The highest BCUT2D eigenvalue weighted by atomic mass is 32.2. The molecule has 0 aliphatic heterocycles. The molecule has 32 heavy (non-hydrogen) atoms. The fourth-order valence-corrected chi connectivity index (χ4v) is 4.69. The Hall–Kier alpha value is -3.06. The van der Waals surface area contributed by atoms with Crippen LogP contribution in [0.3, 0.4) is 0 Å². The molecule has 0 atom stereocenters. The first-order valence-electron chi connectivity index (χ1n) is 10.9. The van der Waals surface area contributed by atoms with E-state index in [0.29, 0.717) is 5.69 Å². The standard InChI is InChI=1S/C25H28N4O2S/c1-28(17-23(30)26-20-14-9-10-16-22(20)32-2)25(31)24-19-13-7-4-8-15-21(19)29(27-24)18-11-5-3-6-12-18/h3,5-6,9-12,14,16H,4,7-8,13,15,17H2,1-2H3,(H,26,30). The molecule has 1 aromatic heterocycles. The first-order chi connectivity index (χ1) is 15.6. The van der Waals surface area contributed by atoms with Crippen LogP contribution < -0.4 is 5.32 Å². The van der Waals surface area contributed by atoms with Crippen LogP contribution in [0.2, 0.25) is 0 Å². The van der Waals surface area contributed by atoms with Crippen LogP contribution in [0.4, 0.5) is 5.69 Å². The molecule has 1 N–H and O–H groups in total. The molecular formula is C25H28N4O2S. The topological polar surface area (TPSA) is 67.2 Å². The zero-order valence-electron chi connectivity index (χ0n) is 18.5. The van der Waals surface area contributed by atoms with E-state index < -0.39 is 0 Å². The lowest BCUT2D eigenvalue weighted by Crippen LogP contribution is -2.35. The smallest absolute Gasteiger partial charge is 0.274 e. The lowest BCUT2D eigenvalue weighted by atomic mass is 10.1. The molecule has 0 fully saturated rings. The van der Waals surface area contributed by atoms with Gasteiger partial charge in [-0.15, -0.1) is 11.8 Å². The van der Waals surface area contributed by atoms with Gasteiger partial charge in [0.05, 0.1) is 17.9 Å². The maximum absolute atomic E-state index is 13.4. The summed E-state index contributed by atoms with van der Waals surface area (Å²) in [6.45, 7) is -0.0332. The number of carbonyl (C=O) groups is 2. The van der Waals surface area contributed by atoms with Gasteiger partial charge in [0.15, 0.2) is 5.69 Å². The molecule has 7 heteroatoms. The number of likely N-dealkylation sites (N-methyl/N-ethyl adjacent to an activating group) is 1. The number of aromatic nitrogens is 2. The van der Waals surface area contributed by atoms with Crippen LogP contribution in [-0.2, 0) is 17.6 Å². The Morgan fingerprint density at radius 1 is 1.03 bits per heavy atom. The van der Waals surface area contributed by atoms with Gasteiger partial charge < -0.3 is 10.2 Å². The fraction of sp³-hybridized carbons (Fsp3) is 0.320. The van der Waals surface area contributed by atoms with Crippen LogP contribution in [0.5, 0.6) is 0 Å². The Bertz CT molecular complexity index is 1110. The van der Waals surface area contributed by atoms with Gasteiger partial charge in [-0.1, -0.05) is 36.8 Å². The molecule has 6 nitrogen and oxygen atoms in total. The average molecular weight is 449 g/mol. The van der Waals surface area contributed by atoms with Gasteiger partial charge in [0, 0.05) is 23.2 Å². The van der Waals surface area contributed by atoms with Crippen molar-refractivity contribution >= 4 is 29.3 Å². The third-order valence-corrected chi connectivity index (χ3v) is 6.54. The number of para-hydroxylation sites is 2. The molecule has 3 aromatic rings. The number of fused-ring (bicyclic) bond motifs is 1. The second-order valence-electron chi connectivity index (χ2n) is 7.99. The second-order valence-corrected chi connectivity index (χ2v) is 8.84. The summed E-state index contributed by atoms with van der Waals surface area (Å²) in [6, 6.07) is 17.6. The Morgan fingerprint density at radius 2 is 1.75 bits per heavy atom. The highest BCUT2D eigenvalue weighted by molar-refractivity contribution is 7.98. The number of hydrogen-bond acceptors (Lipinski definition) is 4. The van der Waals surface area contributed by atoms with E-state index in [4.69, 9.17) is 5.10 Å². The number of thioether (sulfide) groups is 1. The van der Waals surface area contributed by atoms with Crippen LogP contribution in [-0.4, -0.2) is 46.3 Å². The number of anilines is 1. The lowest BCUT2D eigenvalue weighted by Gasteiger charge is -2.17. The first kappa shape index (κ1) is 22.1. The van der Waals surface area contributed by atoms with Gasteiger partial charge in [0.2, 0.25) is 5.91 Å². The molecule has 0 spiro atoms. The minimum Gasteiger partial charge on any atom is -0.331 e. The molecule has 0 saturated heterocycles. The molecule has 2 amide bonds. The number of carbonyl (C=O) groups excluding carboxylic acids is 2. The summed E-state index contributed by atoms with van der Waals surface area (Å²) in [4.78, 5) is 28.5. The molecule has 4 rings (SSSR count). The third kappa shape index (κ3) is 4.72.